The summed E-state index contributed by atoms with van der Waals surface area (Å²) in [4.78, 5) is 10.8. The predicted octanol–water partition coefficient (Wildman–Crippen LogP) is 7.60. The van der Waals surface area contributed by atoms with Crippen LogP contribution in [0.5, 0.6) is 0 Å². The van der Waals surface area contributed by atoms with Crippen molar-refractivity contribution in [2.24, 2.45) is 0 Å². The molecule has 6 heteroatoms. The molecule has 0 saturated carbocycles. The summed E-state index contributed by atoms with van der Waals surface area (Å²) < 4.78 is 35.9. The Bertz CT molecular complexity index is 583. The molecule has 0 radical (unpaired) electrons. The molecule has 3 nitrogen and oxygen atoms in total. The highest BCUT2D eigenvalue weighted by Crippen LogP contribution is 2.21. The van der Waals surface area contributed by atoms with Crippen LogP contribution in [0, 0.1) is 0 Å². The maximum Gasteiger partial charge on any atom is 0.389 e. The number of rotatable bonds is 16. The molecule has 0 heterocycles. The minimum absolute atomic E-state index is 0.0933. The van der Waals surface area contributed by atoms with Crippen LogP contribution in [0.25, 0.3) is 0 Å². The molecule has 1 aromatic carbocycles. The number of anilines is 1. The van der Waals surface area contributed by atoms with Gasteiger partial charge < -0.3 is 10.4 Å². The zero-order valence-electron chi connectivity index (χ0n) is 17.1. The predicted molar refractivity (Wildman–Crippen MR) is 112 cm³/mol. The molecule has 164 valence electrons. The minimum atomic E-state index is -4.05. The summed E-state index contributed by atoms with van der Waals surface area (Å²) >= 11 is 0. The van der Waals surface area contributed by atoms with Gasteiger partial charge in [0, 0.05) is 18.7 Å². The van der Waals surface area contributed by atoms with E-state index >= 15 is 0 Å². The van der Waals surface area contributed by atoms with E-state index in [-0.39, 0.29) is 6.42 Å². The van der Waals surface area contributed by atoms with Crippen molar-refractivity contribution in [1.29, 1.82) is 0 Å². The quantitative estimate of drug-likeness (QED) is 0.217. The average molecular weight is 414 g/mol. The molecule has 29 heavy (non-hydrogen) atoms. The van der Waals surface area contributed by atoms with E-state index in [1.807, 2.05) is 6.08 Å². The molecule has 0 aliphatic rings. The topological polar surface area (TPSA) is 49.3 Å². The van der Waals surface area contributed by atoms with Gasteiger partial charge in [0.2, 0.25) is 0 Å². The van der Waals surface area contributed by atoms with Crippen LogP contribution in [0.15, 0.2) is 36.4 Å². The van der Waals surface area contributed by atoms with Crippen molar-refractivity contribution >= 4 is 11.7 Å². The number of carboxylic acids is 1. The summed E-state index contributed by atoms with van der Waals surface area (Å²) in [5.74, 6) is -0.909. The van der Waals surface area contributed by atoms with Gasteiger partial charge in [-0.05, 0) is 49.9 Å². The van der Waals surface area contributed by atoms with Crippen LogP contribution in [0.2, 0.25) is 0 Å². The van der Waals surface area contributed by atoms with Crippen molar-refractivity contribution in [3.63, 3.8) is 0 Å². The Kier molecular flexibility index (Phi) is 12.9. The Balaban J connectivity index is 1.84. The van der Waals surface area contributed by atoms with E-state index in [0.717, 1.165) is 37.9 Å². The molecule has 0 spiro atoms. The van der Waals surface area contributed by atoms with Crippen molar-refractivity contribution in [1.82, 2.24) is 0 Å². The van der Waals surface area contributed by atoms with E-state index in [0.29, 0.717) is 5.56 Å². The van der Waals surface area contributed by atoms with Crippen molar-refractivity contribution < 1.29 is 23.1 Å². The highest BCUT2D eigenvalue weighted by Gasteiger charge is 2.25. The summed E-state index contributed by atoms with van der Waals surface area (Å²) in [6.07, 6.45) is 10.3. The normalized spacial score (nSPS) is 11.8. The first-order chi connectivity index (χ1) is 13.9. The fraction of sp³-hybridized carbons (Fsp3) is 0.609. The van der Waals surface area contributed by atoms with Crippen LogP contribution < -0.4 is 5.32 Å². The summed E-state index contributed by atoms with van der Waals surface area (Å²) in [6.45, 7) is 0.892. The van der Waals surface area contributed by atoms with E-state index in [2.05, 4.69) is 5.32 Å². The van der Waals surface area contributed by atoms with Gasteiger partial charge in [-0.25, -0.2) is 4.79 Å². The van der Waals surface area contributed by atoms with Crippen molar-refractivity contribution in [2.75, 3.05) is 11.9 Å². The van der Waals surface area contributed by atoms with E-state index in [1.54, 1.807) is 30.3 Å². The van der Waals surface area contributed by atoms with Crippen LogP contribution in [0.3, 0.4) is 0 Å². The number of halogens is 3. The van der Waals surface area contributed by atoms with Gasteiger partial charge >= 0.3 is 12.1 Å². The number of carboxylic acid groups (broad SMARTS) is 1. The SMILES string of the molecule is O=C(O)c1ccc(NCCCCCCCCCCCC=CCCC(F)(F)F)cc1. The molecule has 0 aliphatic carbocycles. The number of unbranched alkanes of at least 4 members (excludes halogenated alkanes) is 9. The molecule has 0 fully saturated rings. The monoisotopic (exact) mass is 413 g/mol. The lowest BCUT2D eigenvalue weighted by molar-refractivity contribution is -0.133. The first-order valence-corrected chi connectivity index (χ1v) is 10.7. The number of aromatic carboxylic acids is 1. The standard InChI is InChI=1S/C23H34F3NO2/c24-23(25,26)18-12-10-8-6-4-2-1-3-5-7-9-11-13-19-27-21-16-14-20(15-17-21)22(28)29/h8,10,14-17,27H,1-7,9,11-13,18-19H2,(H,28,29). The highest BCUT2D eigenvalue weighted by molar-refractivity contribution is 5.87. The number of benzene rings is 1. The highest BCUT2D eigenvalue weighted by atomic mass is 19.4. The lowest BCUT2D eigenvalue weighted by Gasteiger charge is -2.07. The number of carbonyl (C=O) groups is 1. The first kappa shape index (κ1) is 25.1. The number of allylic oxidation sites excluding steroid dienone is 2. The smallest absolute Gasteiger partial charge is 0.389 e. The number of hydrogen-bond acceptors (Lipinski definition) is 2. The Morgan fingerprint density at radius 2 is 1.34 bits per heavy atom. The van der Waals surface area contributed by atoms with Crippen LogP contribution >= 0.6 is 0 Å². The van der Waals surface area contributed by atoms with Gasteiger partial charge in [-0.2, -0.15) is 13.2 Å². The first-order valence-electron chi connectivity index (χ1n) is 10.7. The molecule has 0 aromatic heterocycles. The van der Waals surface area contributed by atoms with Gasteiger partial charge in [0.1, 0.15) is 0 Å². The van der Waals surface area contributed by atoms with Gasteiger partial charge in [-0.1, -0.05) is 57.1 Å². The van der Waals surface area contributed by atoms with Gasteiger partial charge in [0.15, 0.2) is 0 Å². The Morgan fingerprint density at radius 1 is 0.828 bits per heavy atom. The second-order valence-corrected chi connectivity index (χ2v) is 7.41. The number of alkyl halides is 3. The lowest BCUT2D eigenvalue weighted by atomic mass is 10.1. The molecule has 0 amide bonds. The second-order valence-electron chi connectivity index (χ2n) is 7.41. The molecule has 2 N–H and O–H groups in total. The summed E-state index contributed by atoms with van der Waals surface area (Å²) in [7, 11) is 0. The van der Waals surface area contributed by atoms with Crippen LogP contribution in [0.1, 0.15) is 87.4 Å². The van der Waals surface area contributed by atoms with Crippen molar-refractivity contribution in [3.05, 3.63) is 42.0 Å². The van der Waals surface area contributed by atoms with E-state index in [4.69, 9.17) is 5.11 Å². The molecular formula is C23H34F3NO2. The number of hydrogen-bond donors (Lipinski definition) is 2. The molecular weight excluding hydrogens is 379 g/mol. The van der Waals surface area contributed by atoms with Crippen LogP contribution in [-0.4, -0.2) is 23.8 Å². The van der Waals surface area contributed by atoms with Gasteiger partial charge in [-0.3, -0.25) is 0 Å². The zero-order chi connectivity index (χ0) is 21.4. The molecule has 0 unspecified atom stereocenters. The maximum absolute atomic E-state index is 12.0. The fourth-order valence-corrected chi connectivity index (χ4v) is 3.07. The Labute approximate surface area is 172 Å². The third kappa shape index (κ3) is 14.6. The molecule has 0 aliphatic heterocycles. The van der Waals surface area contributed by atoms with Gasteiger partial charge in [0.05, 0.1) is 5.56 Å². The maximum atomic E-state index is 12.0. The van der Waals surface area contributed by atoms with Crippen molar-refractivity contribution in [3.8, 4) is 0 Å². The van der Waals surface area contributed by atoms with E-state index in [1.165, 1.54) is 38.5 Å². The molecule has 1 aromatic rings. The molecule has 0 saturated heterocycles. The molecule has 0 bridgehead atoms. The Hall–Kier alpha value is -1.98. The van der Waals surface area contributed by atoms with Crippen LogP contribution in [0.4, 0.5) is 18.9 Å². The number of nitrogens with one attached hydrogen (secondary N) is 1. The third-order valence-electron chi connectivity index (χ3n) is 4.77. The second kappa shape index (κ2) is 14.9. The van der Waals surface area contributed by atoms with E-state index in [9.17, 15) is 18.0 Å². The average Bonchev–Trinajstić information content (AvgIpc) is 2.67. The van der Waals surface area contributed by atoms with Crippen molar-refractivity contribution in [2.45, 2.75) is 83.2 Å². The van der Waals surface area contributed by atoms with Crippen LogP contribution in [-0.2, 0) is 0 Å². The molecule has 1 rings (SSSR count). The van der Waals surface area contributed by atoms with E-state index < -0.39 is 18.6 Å². The largest absolute Gasteiger partial charge is 0.478 e. The summed E-state index contributed by atoms with van der Waals surface area (Å²) in [6, 6.07) is 6.80. The third-order valence-corrected chi connectivity index (χ3v) is 4.77. The van der Waals surface area contributed by atoms with Gasteiger partial charge in [0.25, 0.3) is 0 Å². The Morgan fingerprint density at radius 3 is 1.90 bits per heavy atom. The minimum Gasteiger partial charge on any atom is -0.478 e. The molecule has 0 atom stereocenters. The summed E-state index contributed by atoms with van der Waals surface area (Å²) in [5.41, 5.74) is 1.25. The zero-order valence-corrected chi connectivity index (χ0v) is 17.1. The lowest BCUT2D eigenvalue weighted by Crippen LogP contribution is -2.05. The summed E-state index contributed by atoms with van der Waals surface area (Å²) in [5, 5.41) is 12.2. The fourth-order valence-electron chi connectivity index (χ4n) is 3.07. The van der Waals surface area contributed by atoms with Gasteiger partial charge in [-0.15, -0.1) is 0 Å².